The Balaban J connectivity index is 2.98. The summed E-state index contributed by atoms with van der Waals surface area (Å²) in [6.45, 7) is 1.82. The third-order valence-corrected chi connectivity index (χ3v) is 3.06. The van der Waals surface area contributed by atoms with Crippen LogP contribution in [0.5, 0.6) is 0 Å². The monoisotopic (exact) mass is 322 g/mol. The summed E-state index contributed by atoms with van der Waals surface area (Å²) in [5.74, 6) is -2.78. The Morgan fingerprint density at radius 1 is 1.43 bits per heavy atom. The van der Waals surface area contributed by atoms with Gasteiger partial charge in [-0.05, 0) is 24.6 Å². The minimum Gasteiger partial charge on any atom is -0.393 e. The van der Waals surface area contributed by atoms with E-state index in [1.165, 1.54) is 0 Å². The molecular weight excluding hydrogens is 308 g/mol. The van der Waals surface area contributed by atoms with Crippen LogP contribution in [0.4, 0.5) is 23.2 Å². The Kier molecular flexibility index (Phi) is 5.65. The fourth-order valence-corrected chi connectivity index (χ4v) is 1.97. The molecule has 0 aliphatic carbocycles. The van der Waals surface area contributed by atoms with Gasteiger partial charge in [0, 0.05) is 5.69 Å². The molecule has 0 fully saturated rings. The van der Waals surface area contributed by atoms with Crippen LogP contribution < -0.4 is 11.1 Å². The highest BCUT2D eigenvalue weighted by atomic mass is 32.1. The largest absolute Gasteiger partial charge is 0.419 e. The first-order valence-corrected chi connectivity index (χ1v) is 6.54. The predicted octanol–water partition coefficient (Wildman–Crippen LogP) is 3.49. The maximum Gasteiger partial charge on any atom is 0.419 e. The first kappa shape index (κ1) is 17.4. The van der Waals surface area contributed by atoms with E-state index in [2.05, 4.69) is 5.32 Å². The number of halogens is 4. The van der Waals surface area contributed by atoms with Crippen molar-refractivity contribution in [3.8, 4) is 0 Å². The first-order valence-electron chi connectivity index (χ1n) is 6.13. The fraction of sp³-hybridized carbons (Fsp3) is 0.385. The second-order valence-corrected chi connectivity index (χ2v) is 4.90. The van der Waals surface area contributed by atoms with Gasteiger partial charge in [0.2, 0.25) is 5.91 Å². The van der Waals surface area contributed by atoms with Crippen molar-refractivity contribution < 1.29 is 22.4 Å². The van der Waals surface area contributed by atoms with Crippen LogP contribution in [0, 0.1) is 11.7 Å². The van der Waals surface area contributed by atoms with E-state index in [4.69, 9.17) is 18.0 Å². The summed E-state index contributed by atoms with van der Waals surface area (Å²) in [4.78, 5) is 11.9. The smallest absolute Gasteiger partial charge is 0.393 e. The molecule has 1 amide bonds. The summed E-state index contributed by atoms with van der Waals surface area (Å²) in [7, 11) is 0. The van der Waals surface area contributed by atoms with E-state index in [1.807, 2.05) is 6.92 Å². The zero-order valence-corrected chi connectivity index (χ0v) is 11.9. The van der Waals surface area contributed by atoms with Crippen LogP contribution in [0.25, 0.3) is 0 Å². The van der Waals surface area contributed by atoms with E-state index in [0.29, 0.717) is 25.0 Å². The molecular formula is C13H14F4N2OS. The number of anilines is 1. The SMILES string of the molecule is CCCC(C(=O)Nc1ccc(F)c(C(F)(F)F)c1)C(N)=S. The average molecular weight is 322 g/mol. The zero-order chi connectivity index (χ0) is 16.2. The number of nitrogens with one attached hydrogen (secondary N) is 1. The van der Waals surface area contributed by atoms with Gasteiger partial charge < -0.3 is 11.1 Å². The Hall–Kier alpha value is -1.70. The molecule has 0 spiro atoms. The molecule has 0 bridgehead atoms. The highest BCUT2D eigenvalue weighted by Crippen LogP contribution is 2.33. The molecule has 0 aliphatic heterocycles. The van der Waals surface area contributed by atoms with E-state index >= 15 is 0 Å². The average Bonchev–Trinajstić information content (AvgIpc) is 2.36. The Morgan fingerprint density at radius 3 is 2.52 bits per heavy atom. The highest BCUT2D eigenvalue weighted by Gasteiger charge is 2.34. The second-order valence-electron chi connectivity index (χ2n) is 4.43. The van der Waals surface area contributed by atoms with Crippen molar-refractivity contribution in [3.05, 3.63) is 29.6 Å². The Morgan fingerprint density at radius 2 is 2.05 bits per heavy atom. The lowest BCUT2D eigenvalue weighted by Gasteiger charge is -2.16. The van der Waals surface area contributed by atoms with Crippen molar-refractivity contribution in [2.75, 3.05) is 5.32 Å². The standard InChI is InChI=1S/C13H14F4N2OS/c1-2-3-8(11(18)21)12(20)19-7-4-5-10(14)9(6-7)13(15,16)17/h4-6,8H,2-3H2,1H3,(H2,18,21)(H,19,20). The molecule has 0 saturated carbocycles. The number of benzene rings is 1. The summed E-state index contributed by atoms with van der Waals surface area (Å²) < 4.78 is 50.9. The highest BCUT2D eigenvalue weighted by molar-refractivity contribution is 7.80. The van der Waals surface area contributed by atoms with Crippen LogP contribution in [0.1, 0.15) is 25.3 Å². The summed E-state index contributed by atoms with van der Waals surface area (Å²) in [5.41, 5.74) is 3.83. The molecule has 1 atom stereocenters. The van der Waals surface area contributed by atoms with E-state index in [-0.39, 0.29) is 10.7 Å². The molecule has 8 heteroatoms. The molecule has 3 N–H and O–H groups in total. The fourth-order valence-electron chi connectivity index (χ4n) is 1.74. The topological polar surface area (TPSA) is 55.1 Å². The zero-order valence-electron chi connectivity index (χ0n) is 11.1. The van der Waals surface area contributed by atoms with E-state index < -0.39 is 29.4 Å². The van der Waals surface area contributed by atoms with Crippen molar-refractivity contribution in [2.24, 2.45) is 11.7 Å². The minimum absolute atomic E-state index is 0.0347. The number of nitrogens with two attached hydrogens (primary N) is 1. The first-order chi connectivity index (χ1) is 9.66. The quantitative estimate of drug-likeness (QED) is 0.644. The van der Waals surface area contributed by atoms with Crippen LogP contribution in [0.3, 0.4) is 0 Å². The number of carbonyl (C=O) groups is 1. The van der Waals surface area contributed by atoms with Gasteiger partial charge >= 0.3 is 6.18 Å². The number of rotatable bonds is 5. The van der Waals surface area contributed by atoms with E-state index in [9.17, 15) is 22.4 Å². The van der Waals surface area contributed by atoms with Crippen LogP contribution in [0.2, 0.25) is 0 Å². The Bertz CT molecular complexity index is 545. The normalized spacial score (nSPS) is 12.8. The third-order valence-electron chi connectivity index (χ3n) is 2.78. The summed E-state index contributed by atoms with van der Waals surface area (Å²) >= 11 is 4.76. The molecule has 3 nitrogen and oxygen atoms in total. The predicted molar refractivity (Wildman–Crippen MR) is 75.2 cm³/mol. The van der Waals surface area contributed by atoms with Gasteiger partial charge in [-0.2, -0.15) is 13.2 Å². The van der Waals surface area contributed by atoms with Gasteiger partial charge in [-0.3, -0.25) is 4.79 Å². The van der Waals surface area contributed by atoms with Crippen molar-refractivity contribution in [1.29, 1.82) is 0 Å². The van der Waals surface area contributed by atoms with Crippen molar-refractivity contribution >= 4 is 28.8 Å². The van der Waals surface area contributed by atoms with Crippen molar-refractivity contribution in [3.63, 3.8) is 0 Å². The molecule has 0 saturated heterocycles. The van der Waals surface area contributed by atoms with Gasteiger partial charge in [-0.15, -0.1) is 0 Å². The number of hydrogen-bond acceptors (Lipinski definition) is 2. The summed E-state index contributed by atoms with van der Waals surface area (Å²) in [6.07, 6.45) is -3.82. The number of alkyl halides is 3. The lowest BCUT2D eigenvalue weighted by Crippen LogP contribution is -2.33. The molecule has 0 aliphatic rings. The number of amides is 1. The van der Waals surface area contributed by atoms with E-state index in [0.717, 1.165) is 6.07 Å². The number of thiocarbonyl (C=S) groups is 1. The molecule has 1 unspecified atom stereocenters. The number of carbonyl (C=O) groups excluding carboxylic acids is 1. The maximum atomic E-state index is 13.1. The maximum absolute atomic E-state index is 13.1. The lowest BCUT2D eigenvalue weighted by atomic mass is 10.0. The van der Waals surface area contributed by atoms with Gasteiger partial charge in [-0.25, -0.2) is 4.39 Å². The molecule has 0 heterocycles. The van der Waals surface area contributed by atoms with Gasteiger partial charge in [0.25, 0.3) is 0 Å². The molecule has 21 heavy (non-hydrogen) atoms. The van der Waals surface area contributed by atoms with Gasteiger partial charge in [0.05, 0.1) is 16.5 Å². The molecule has 0 aromatic heterocycles. The molecule has 1 aromatic rings. The third kappa shape index (κ3) is 4.66. The van der Waals surface area contributed by atoms with Gasteiger partial charge in [0.15, 0.2) is 0 Å². The van der Waals surface area contributed by atoms with Gasteiger partial charge in [0.1, 0.15) is 5.82 Å². The molecule has 116 valence electrons. The number of hydrogen-bond donors (Lipinski definition) is 2. The molecule has 0 radical (unpaired) electrons. The van der Waals surface area contributed by atoms with E-state index in [1.54, 1.807) is 0 Å². The van der Waals surface area contributed by atoms with Crippen LogP contribution >= 0.6 is 12.2 Å². The summed E-state index contributed by atoms with van der Waals surface area (Å²) in [6, 6.07) is 2.23. The summed E-state index contributed by atoms with van der Waals surface area (Å²) in [5, 5.41) is 2.27. The minimum atomic E-state index is -4.84. The van der Waals surface area contributed by atoms with Crippen molar-refractivity contribution in [1.82, 2.24) is 0 Å². The van der Waals surface area contributed by atoms with Crippen LogP contribution in [-0.2, 0) is 11.0 Å². The van der Waals surface area contributed by atoms with Crippen LogP contribution in [-0.4, -0.2) is 10.9 Å². The van der Waals surface area contributed by atoms with Crippen molar-refractivity contribution in [2.45, 2.75) is 25.9 Å². The Labute approximate surface area is 124 Å². The second kappa shape index (κ2) is 6.84. The molecule has 1 aromatic carbocycles. The van der Waals surface area contributed by atoms with Crippen LogP contribution in [0.15, 0.2) is 18.2 Å². The lowest BCUT2D eigenvalue weighted by molar-refractivity contribution is -0.140. The van der Waals surface area contributed by atoms with Gasteiger partial charge in [-0.1, -0.05) is 25.6 Å². The molecule has 1 rings (SSSR count).